The monoisotopic (exact) mass is 289 g/mol. The third-order valence-corrected chi connectivity index (χ3v) is 3.59. The molecule has 0 spiro atoms. The molecule has 0 bridgehead atoms. The minimum absolute atomic E-state index is 0.0761. The lowest BCUT2D eigenvalue weighted by atomic mass is 10.0. The van der Waals surface area contributed by atoms with Gasteiger partial charge in [-0.1, -0.05) is 39.8 Å². The predicted molar refractivity (Wildman–Crippen MR) is 82.2 cm³/mol. The van der Waals surface area contributed by atoms with E-state index in [1.807, 2.05) is 12.2 Å². The molecule has 0 saturated carbocycles. The average Bonchev–Trinajstić information content (AvgIpc) is 2.85. The van der Waals surface area contributed by atoms with Gasteiger partial charge in [0.25, 0.3) is 5.91 Å². The third-order valence-electron chi connectivity index (χ3n) is 3.59. The first kappa shape index (κ1) is 15.5. The van der Waals surface area contributed by atoms with E-state index < -0.39 is 5.69 Å². The first-order valence-electron chi connectivity index (χ1n) is 7.46. The summed E-state index contributed by atoms with van der Waals surface area (Å²) in [4.78, 5) is 32.6. The summed E-state index contributed by atoms with van der Waals surface area (Å²) in [6.45, 7) is 8.88. The largest absolute Gasteiger partial charge is 0.345 e. The molecule has 0 aliphatic carbocycles. The van der Waals surface area contributed by atoms with Gasteiger partial charge in [-0.3, -0.25) is 4.79 Å². The highest BCUT2D eigenvalue weighted by atomic mass is 16.2. The van der Waals surface area contributed by atoms with E-state index in [2.05, 4.69) is 37.7 Å². The van der Waals surface area contributed by atoms with Gasteiger partial charge in [0, 0.05) is 12.2 Å². The molecule has 1 amide bonds. The number of nitrogens with zero attached hydrogens (tertiary/aromatic N) is 2. The first-order chi connectivity index (χ1) is 9.88. The Morgan fingerprint density at radius 1 is 1.43 bits per heavy atom. The molecule has 2 rings (SSSR count). The van der Waals surface area contributed by atoms with Gasteiger partial charge in [0.1, 0.15) is 5.69 Å². The zero-order valence-corrected chi connectivity index (χ0v) is 13.1. The lowest BCUT2D eigenvalue weighted by molar-refractivity contribution is 0.0714. The van der Waals surface area contributed by atoms with Gasteiger partial charge in [-0.2, -0.15) is 4.98 Å². The molecule has 1 aromatic heterocycles. The molecule has 2 heterocycles. The molecular formula is C16H23N3O2. The van der Waals surface area contributed by atoms with Crippen LogP contribution in [0.15, 0.2) is 23.0 Å². The molecule has 1 aliphatic rings. The maximum atomic E-state index is 12.6. The third kappa shape index (κ3) is 3.60. The Kier molecular flexibility index (Phi) is 4.60. The zero-order valence-electron chi connectivity index (χ0n) is 13.1. The van der Waals surface area contributed by atoms with Crippen LogP contribution in [-0.2, 0) is 6.42 Å². The van der Waals surface area contributed by atoms with Crippen molar-refractivity contribution in [1.82, 2.24) is 14.9 Å². The van der Waals surface area contributed by atoms with Gasteiger partial charge >= 0.3 is 5.69 Å². The molecular weight excluding hydrogens is 266 g/mol. The lowest BCUT2D eigenvalue weighted by Gasteiger charge is -2.27. The Balaban J connectivity index is 2.27. The van der Waals surface area contributed by atoms with Crippen molar-refractivity contribution < 1.29 is 4.79 Å². The van der Waals surface area contributed by atoms with Crippen molar-refractivity contribution in [3.8, 4) is 0 Å². The molecule has 0 saturated heterocycles. The van der Waals surface area contributed by atoms with Crippen LogP contribution in [0.5, 0.6) is 0 Å². The quantitative estimate of drug-likeness (QED) is 0.862. The Labute approximate surface area is 125 Å². The summed E-state index contributed by atoms with van der Waals surface area (Å²) in [6, 6.07) is 1.78. The van der Waals surface area contributed by atoms with Crippen LogP contribution < -0.4 is 5.69 Å². The van der Waals surface area contributed by atoms with Gasteiger partial charge in [-0.05, 0) is 24.3 Å². The van der Waals surface area contributed by atoms with Crippen LogP contribution in [-0.4, -0.2) is 33.4 Å². The number of amides is 1. The van der Waals surface area contributed by atoms with E-state index in [0.29, 0.717) is 18.4 Å². The second-order valence-electron chi connectivity index (χ2n) is 6.32. The maximum Gasteiger partial charge on any atom is 0.345 e. The van der Waals surface area contributed by atoms with Gasteiger partial charge in [0.15, 0.2) is 0 Å². The van der Waals surface area contributed by atoms with Crippen molar-refractivity contribution in [3.05, 3.63) is 40.1 Å². The first-order valence-corrected chi connectivity index (χ1v) is 7.46. The molecule has 5 nitrogen and oxygen atoms in total. The fourth-order valence-electron chi connectivity index (χ4n) is 2.65. The number of carbonyl (C=O) groups is 1. The van der Waals surface area contributed by atoms with Crippen LogP contribution in [0.2, 0.25) is 0 Å². The summed E-state index contributed by atoms with van der Waals surface area (Å²) in [5.74, 6) is 0.572. The number of aromatic nitrogens is 2. The number of hydrogen-bond acceptors (Lipinski definition) is 3. The molecule has 114 valence electrons. The second kappa shape index (κ2) is 6.24. The minimum atomic E-state index is -0.454. The number of H-pyrrole nitrogens is 1. The van der Waals surface area contributed by atoms with E-state index in [1.165, 1.54) is 0 Å². The van der Waals surface area contributed by atoms with Crippen molar-refractivity contribution in [2.24, 2.45) is 11.8 Å². The highest BCUT2D eigenvalue weighted by molar-refractivity contribution is 5.93. The van der Waals surface area contributed by atoms with Crippen LogP contribution in [0.4, 0.5) is 0 Å². The van der Waals surface area contributed by atoms with E-state index >= 15 is 0 Å². The molecule has 1 N–H and O–H groups in total. The Hall–Kier alpha value is -1.91. The number of hydrogen-bond donors (Lipinski definition) is 1. The number of rotatable bonds is 4. The highest BCUT2D eigenvalue weighted by Crippen LogP contribution is 2.20. The van der Waals surface area contributed by atoms with Crippen molar-refractivity contribution in [3.63, 3.8) is 0 Å². The molecule has 21 heavy (non-hydrogen) atoms. The van der Waals surface area contributed by atoms with Crippen molar-refractivity contribution >= 4 is 5.91 Å². The summed E-state index contributed by atoms with van der Waals surface area (Å²) < 4.78 is 0. The summed E-state index contributed by atoms with van der Waals surface area (Å²) in [5, 5.41) is 0. The standard InChI is InChI=1S/C16H23N3O2/c1-10(2)8-12-9-13(18-16(21)17-12)15(20)19-7-5-6-14(19)11(3)4/h5-6,9-11,14H,7-8H2,1-4H3,(H,17,18,21). The van der Waals surface area contributed by atoms with E-state index in [4.69, 9.17) is 0 Å². The minimum Gasteiger partial charge on any atom is -0.327 e. The van der Waals surface area contributed by atoms with E-state index in [1.54, 1.807) is 11.0 Å². The van der Waals surface area contributed by atoms with Gasteiger partial charge in [0.05, 0.1) is 6.04 Å². The summed E-state index contributed by atoms with van der Waals surface area (Å²) in [5.41, 5.74) is 0.551. The fraction of sp³-hybridized carbons (Fsp3) is 0.562. The topological polar surface area (TPSA) is 66.1 Å². The smallest absolute Gasteiger partial charge is 0.327 e. The van der Waals surface area contributed by atoms with Crippen LogP contribution in [0.25, 0.3) is 0 Å². The zero-order chi connectivity index (χ0) is 15.6. The van der Waals surface area contributed by atoms with Crippen molar-refractivity contribution in [2.45, 2.75) is 40.2 Å². The van der Waals surface area contributed by atoms with E-state index in [0.717, 1.165) is 12.1 Å². The summed E-state index contributed by atoms with van der Waals surface area (Å²) in [6.07, 6.45) is 4.76. The maximum absolute atomic E-state index is 12.6. The molecule has 0 radical (unpaired) electrons. The van der Waals surface area contributed by atoms with E-state index in [-0.39, 0.29) is 17.6 Å². The van der Waals surface area contributed by atoms with Crippen LogP contribution in [0, 0.1) is 11.8 Å². The highest BCUT2D eigenvalue weighted by Gasteiger charge is 2.28. The van der Waals surface area contributed by atoms with Crippen molar-refractivity contribution in [1.29, 1.82) is 0 Å². The molecule has 5 heteroatoms. The lowest BCUT2D eigenvalue weighted by Crippen LogP contribution is -2.40. The summed E-state index contributed by atoms with van der Waals surface area (Å²) in [7, 11) is 0. The van der Waals surface area contributed by atoms with Crippen LogP contribution in [0.3, 0.4) is 0 Å². The number of nitrogens with one attached hydrogen (secondary N) is 1. The van der Waals surface area contributed by atoms with E-state index in [9.17, 15) is 9.59 Å². The molecule has 1 aromatic rings. The molecule has 1 aliphatic heterocycles. The number of aromatic amines is 1. The molecule has 0 aromatic carbocycles. The Morgan fingerprint density at radius 2 is 2.14 bits per heavy atom. The number of carbonyl (C=O) groups excluding carboxylic acids is 1. The Bertz CT molecular complexity index is 602. The fourth-order valence-corrected chi connectivity index (χ4v) is 2.65. The average molecular weight is 289 g/mol. The van der Waals surface area contributed by atoms with Gasteiger partial charge in [-0.15, -0.1) is 0 Å². The molecule has 1 atom stereocenters. The van der Waals surface area contributed by atoms with Crippen molar-refractivity contribution in [2.75, 3.05) is 6.54 Å². The summed E-state index contributed by atoms with van der Waals surface area (Å²) >= 11 is 0. The van der Waals surface area contributed by atoms with Crippen LogP contribution >= 0.6 is 0 Å². The van der Waals surface area contributed by atoms with Gasteiger partial charge in [0.2, 0.25) is 0 Å². The molecule has 0 fully saturated rings. The second-order valence-corrected chi connectivity index (χ2v) is 6.32. The van der Waals surface area contributed by atoms with Gasteiger partial charge in [-0.25, -0.2) is 4.79 Å². The SMILES string of the molecule is CC(C)Cc1cc(C(=O)N2CC=CC2C(C)C)nc(=O)[nH]1. The molecule has 1 unspecified atom stereocenters. The predicted octanol–water partition coefficient (Wildman–Crippen LogP) is 2.00. The normalized spacial score (nSPS) is 18.0. The van der Waals surface area contributed by atoms with Gasteiger partial charge < -0.3 is 9.88 Å². The van der Waals surface area contributed by atoms with Crippen LogP contribution in [0.1, 0.15) is 43.9 Å². The Morgan fingerprint density at radius 3 is 2.76 bits per heavy atom.